The van der Waals surface area contributed by atoms with Crippen LogP contribution in [-0.2, 0) is 23.7 Å². The highest BCUT2D eigenvalue weighted by Crippen LogP contribution is 2.18. The van der Waals surface area contributed by atoms with Crippen molar-refractivity contribution in [3.05, 3.63) is 48.0 Å². The molecular formula is C19H26N4O4S. The minimum Gasteiger partial charge on any atom is -0.486 e. The smallest absolute Gasteiger partial charge is 0.253 e. The second kappa shape index (κ2) is 8.74. The van der Waals surface area contributed by atoms with E-state index in [1.54, 1.807) is 42.3 Å². The number of rotatable bonds is 7. The molecule has 1 aliphatic heterocycles. The lowest BCUT2D eigenvalue weighted by Gasteiger charge is -2.33. The van der Waals surface area contributed by atoms with E-state index in [1.807, 2.05) is 17.8 Å². The Bertz CT molecular complexity index is 908. The molecule has 1 fully saturated rings. The Kier molecular flexibility index (Phi) is 6.35. The van der Waals surface area contributed by atoms with Crippen LogP contribution in [0.1, 0.15) is 35.9 Å². The standard InChI is InChI=1S/C19H26N4O4S/c1-3-28(25,26)21-16-5-4-11-23(13-16)19(24)15-6-8-17(9-7-15)27-14-18-20-10-12-22(18)2/h6-10,12,16,21H,3-5,11,13-14H2,1-2H3/t16-/m1/s1. The van der Waals surface area contributed by atoms with Crippen molar-refractivity contribution in [2.45, 2.75) is 32.4 Å². The first-order valence-corrected chi connectivity index (χ1v) is 11.0. The average molecular weight is 407 g/mol. The van der Waals surface area contributed by atoms with Crippen LogP contribution in [0.5, 0.6) is 5.75 Å². The topological polar surface area (TPSA) is 93.5 Å². The van der Waals surface area contributed by atoms with Crippen LogP contribution < -0.4 is 9.46 Å². The van der Waals surface area contributed by atoms with Crippen LogP contribution in [0, 0.1) is 0 Å². The number of hydrogen-bond acceptors (Lipinski definition) is 5. The van der Waals surface area contributed by atoms with Crippen LogP contribution in [-0.4, -0.2) is 53.7 Å². The third kappa shape index (κ3) is 5.11. The van der Waals surface area contributed by atoms with Gasteiger partial charge in [-0.15, -0.1) is 0 Å². The van der Waals surface area contributed by atoms with Crippen LogP contribution in [0.2, 0.25) is 0 Å². The van der Waals surface area contributed by atoms with Gasteiger partial charge >= 0.3 is 0 Å². The summed E-state index contributed by atoms with van der Waals surface area (Å²) >= 11 is 0. The molecule has 1 amide bonds. The van der Waals surface area contributed by atoms with Crippen molar-refractivity contribution in [1.29, 1.82) is 0 Å². The molecule has 1 aromatic heterocycles. The van der Waals surface area contributed by atoms with E-state index in [-0.39, 0.29) is 17.7 Å². The first-order chi connectivity index (χ1) is 13.4. The molecule has 3 rings (SSSR count). The summed E-state index contributed by atoms with van der Waals surface area (Å²) in [5.41, 5.74) is 0.559. The molecule has 8 nitrogen and oxygen atoms in total. The summed E-state index contributed by atoms with van der Waals surface area (Å²) in [5.74, 6) is 1.41. The quantitative estimate of drug-likeness (QED) is 0.753. The number of aromatic nitrogens is 2. The molecule has 0 unspecified atom stereocenters. The van der Waals surface area contributed by atoms with Crippen LogP contribution in [0.4, 0.5) is 0 Å². The maximum atomic E-state index is 12.8. The molecule has 28 heavy (non-hydrogen) atoms. The van der Waals surface area contributed by atoms with Gasteiger partial charge in [-0.05, 0) is 44.0 Å². The number of carbonyl (C=O) groups excluding carboxylic acids is 1. The molecule has 1 saturated heterocycles. The maximum Gasteiger partial charge on any atom is 0.253 e. The molecule has 1 atom stereocenters. The van der Waals surface area contributed by atoms with Crippen molar-refractivity contribution < 1.29 is 17.9 Å². The zero-order valence-corrected chi connectivity index (χ0v) is 17.0. The van der Waals surface area contributed by atoms with Gasteiger partial charge in [0.25, 0.3) is 5.91 Å². The Hall–Kier alpha value is -2.39. The molecule has 1 aliphatic rings. The number of nitrogens with one attached hydrogen (secondary N) is 1. The second-order valence-corrected chi connectivity index (χ2v) is 8.92. The molecule has 0 saturated carbocycles. The number of likely N-dealkylation sites (tertiary alicyclic amines) is 1. The molecule has 2 heterocycles. The number of hydrogen-bond donors (Lipinski definition) is 1. The molecule has 152 valence electrons. The number of nitrogens with zero attached hydrogens (tertiary/aromatic N) is 3. The van der Waals surface area contributed by atoms with Crippen molar-refractivity contribution in [2.75, 3.05) is 18.8 Å². The summed E-state index contributed by atoms with van der Waals surface area (Å²) in [6.07, 6.45) is 5.08. The van der Waals surface area contributed by atoms with E-state index in [9.17, 15) is 13.2 Å². The minimum absolute atomic E-state index is 0.0389. The van der Waals surface area contributed by atoms with Crippen molar-refractivity contribution in [3.8, 4) is 5.75 Å². The lowest BCUT2D eigenvalue weighted by molar-refractivity contribution is 0.0703. The number of carbonyl (C=O) groups is 1. The van der Waals surface area contributed by atoms with Gasteiger partial charge in [-0.2, -0.15) is 0 Å². The fraction of sp³-hybridized carbons (Fsp3) is 0.474. The molecule has 1 aromatic carbocycles. The highest BCUT2D eigenvalue weighted by atomic mass is 32.2. The van der Waals surface area contributed by atoms with E-state index in [2.05, 4.69) is 9.71 Å². The van der Waals surface area contributed by atoms with Crippen molar-refractivity contribution in [1.82, 2.24) is 19.2 Å². The number of aryl methyl sites for hydroxylation is 1. The first-order valence-electron chi connectivity index (χ1n) is 9.36. The summed E-state index contributed by atoms with van der Waals surface area (Å²) in [6.45, 7) is 2.96. The summed E-state index contributed by atoms with van der Waals surface area (Å²) in [6, 6.07) is 6.75. The number of amides is 1. The van der Waals surface area contributed by atoms with Crippen molar-refractivity contribution in [3.63, 3.8) is 0 Å². The fourth-order valence-corrected chi connectivity index (χ4v) is 4.02. The highest BCUT2D eigenvalue weighted by Gasteiger charge is 2.26. The lowest BCUT2D eigenvalue weighted by Crippen LogP contribution is -2.49. The molecule has 0 bridgehead atoms. The molecule has 1 N–H and O–H groups in total. The predicted octanol–water partition coefficient (Wildman–Crippen LogP) is 1.54. The van der Waals surface area contributed by atoms with Gasteiger partial charge in [0.1, 0.15) is 18.2 Å². The number of piperidine rings is 1. The van der Waals surface area contributed by atoms with E-state index in [4.69, 9.17) is 4.74 Å². The Morgan fingerprint density at radius 2 is 2.07 bits per heavy atom. The van der Waals surface area contributed by atoms with E-state index in [0.29, 0.717) is 31.0 Å². The average Bonchev–Trinajstić information content (AvgIpc) is 3.11. The van der Waals surface area contributed by atoms with Gasteiger partial charge in [-0.1, -0.05) is 0 Å². The monoisotopic (exact) mass is 406 g/mol. The van der Waals surface area contributed by atoms with Crippen molar-refractivity contribution >= 4 is 15.9 Å². The maximum absolute atomic E-state index is 12.8. The van der Waals surface area contributed by atoms with Gasteiger partial charge in [0.15, 0.2) is 0 Å². The van der Waals surface area contributed by atoms with Gasteiger partial charge in [0.05, 0.1) is 5.75 Å². The second-order valence-electron chi connectivity index (χ2n) is 6.88. The van der Waals surface area contributed by atoms with Crippen LogP contribution >= 0.6 is 0 Å². The minimum atomic E-state index is -3.28. The molecule has 0 radical (unpaired) electrons. The van der Waals surface area contributed by atoms with Gasteiger partial charge in [-0.3, -0.25) is 4.79 Å². The first kappa shape index (κ1) is 20.3. The number of benzene rings is 1. The molecule has 9 heteroatoms. The summed E-state index contributed by atoms with van der Waals surface area (Å²) in [5, 5.41) is 0. The normalized spacial score (nSPS) is 17.5. The Labute approximate surface area is 165 Å². The van der Waals surface area contributed by atoms with Crippen LogP contribution in [0.3, 0.4) is 0 Å². The molecule has 2 aromatic rings. The third-order valence-corrected chi connectivity index (χ3v) is 6.28. The Morgan fingerprint density at radius 1 is 1.32 bits per heavy atom. The number of imidazole rings is 1. The van der Waals surface area contributed by atoms with Gasteiger partial charge in [0, 0.05) is 44.1 Å². The van der Waals surface area contributed by atoms with E-state index in [1.165, 1.54) is 0 Å². The van der Waals surface area contributed by atoms with Gasteiger partial charge < -0.3 is 14.2 Å². The van der Waals surface area contributed by atoms with Crippen LogP contribution in [0.15, 0.2) is 36.7 Å². The largest absolute Gasteiger partial charge is 0.486 e. The summed E-state index contributed by atoms with van der Waals surface area (Å²) in [4.78, 5) is 18.7. The molecule has 0 spiro atoms. The lowest BCUT2D eigenvalue weighted by atomic mass is 10.1. The predicted molar refractivity (Wildman–Crippen MR) is 106 cm³/mol. The van der Waals surface area contributed by atoms with Gasteiger partial charge in [-0.25, -0.2) is 18.1 Å². The third-order valence-electron chi connectivity index (χ3n) is 4.83. The zero-order chi connectivity index (χ0) is 20.1. The zero-order valence-electron chi connectivity index (χ0n) is 16.2. The molecule has 0 aliphatic carbocycles. The Morgan fingerprint density at radius 3 is 2.71 bits per heavy atom. The van der Waals surface area contributed by atoms with E-state index < -0.39 is 10.0 Å². The van der Waals surface area contributed by atoms with E-state index in [0.717, 1.165) is 18.7 Å². The Balaban J connectivity index is 1.58. The van der Waals surface area contributed by atoms with E-state index >= 15 is 0 Å². The summed E-state index contributed by atoms with van der Waals surface area (Å²) in [7, 11) is -1.38. The number of ether oxygens (including phenoxy) is 1. The molecular weight excluding hydrogens is 380 g/mol. The number of sulfonamides is 1. The SMILES string of the molecule is CCS(=O)(=O)N[C@@H]1CCCN(C(=O)c2ccc(OCc3nccn3C)cc2)C1. The van der Waals surface area contributed by atoms with Gasteiger partial charge in [0.2, 0.25) is 10.0 Å². The van der Waals surface area contributed by atoms with Crippen molar-refractivity contribution in [2.24, 2.45) is 7.05 Å². The fourth-order valence-electron chi connectivity index (χ4n) is 3.15. The summed E-state index contributed by atoms with van der Waals surface area (Å²) < 4.78 is 33.8. The highest BCUT2D eigenvalue weighted by molar-refractivity contribution is 7.89. The van der Waals surface area contributed by atoms with Crippen LogP contribution in [0.25, 0.3) is 0 Å².